The van der Waals surface area contributed by atoms with E-state index in [0.717, 1.165) is 30.7 Å². The highest BCUT2D eigenvalue weighted by Crippen LogP contribution is 2.31. The van der Waals surface area contributed by atoms with Crippen LogP contribution in [0.15, 0.2) is 30.6 Å². The molecule has 24 heavy (non-hydrogen) atoms. The lowest BCUT2D eigenvalue weighted by Gasteiger charge is -2.27. The zero-order valence-corrected chi connectivity index (χ0v) is 14.3. The number of rotatable bonds is 6. The molecule has 6 nitrogen and oxygen atoms in total. The summed E-state index contributed by atoms with van der Waals surface area (Å²) in [6.07, 6.45) is 6.64. The quantitative estimate of drug-likeness (QED) is 0.884. The molecule has 0 spiro atoms. The van der Waals surface area contributed by atoms with Crippen molar-refractivity contribution in [2.75, 3.05) is 14.2 Å². The molecule has 1 atom stereocenters. The van der Waals surface area contributed by atoms with Gasteiger partial charge >= 0.3 is 0 Å². The minimum Gasteiger partial charge on any atom is -0.497 e. The number of aryl methyl sites for hydroxylation is 1. The Morgan fingerprint density at radius 2 is 1.92 bits per heavy atom. The summed E-state index contributed by atoms with van der Waals surface area (Å²) in [6.45, 7) is 0. The van der Waals surface area contributed by atoms with Crippen LogP contribution in [-0.2, 0) is 11.8 Å². The van der Waals surface area contributed by atoms with Crippen molar-refractivity contribution >= 4 is 5.91 Å². The summed E-state index contributed by atoms with van der Waals surface area (Å²) < 4.78 is 12.6. The molecular formula is C18H23N3O3. The maximum absolute atomic E-state index is 12.5. The van der Waals surface area contributed by atoms with Gasteiger partial charge in [0.15, 0.2) is 0 Å². The Kier molecular flexibility index (Phi) is 4.74. The van der Waals surface area contributed by atoms with E-state index >= 15 is 0 Å². The van der Waals surface area contributed by atoms with Gasteiger partial charge in [-0.05, 0) is 30.5 Å². The molecule has 0 radical (unpaired) electrons. The summed E-state index contributed by atoms with van der Waals surface area (Å²) in [5.41, 5.74) is 0.883. The third-order valence-electron chi connectivity index (χ3n) is 4.59. The molecule has 0 aliphatic heterocycles. The fourth-order valence-electron chi connectivity index (χ4n) is 2.88. The highest BCUT2D eigenvalue weighted by Gasteiger charge is 2.29. The summed E-state index contributed by atoms with van der Waals surface area (Å²) in [5, 5.41) is 3.15. The van der Waals surface area contributed by atoms with E-state index in [4.69, 9.17) is 9.47 Å². The van der Waals surface area contributed by atoms with Gasteiger partial charge in [-0.3, -0.25) is 4.79 Å². The smallest absolute Gasteiger partial charge is 0.223 e. The predicted molar refractivity (Wildman–Crippen MR) is 90.1 cm³/mol. The predicted octanol–water partition coefficient (Wildman–Crippen LogP) is 2.44. The molecule has 0 saturated heterocycles. The van der Waals surface area contributed by atoms with Crippen LogP contribution in [0.2, 0.25) is 0 Å². The van der Waals surface area contributed by atoms with Crippen molar-refractivity contribution in [2.45, 2.75) is 25.3 Å². The van der Waals surface area contributed by atoms with Gasteiger partial charge in [-0.15, -0.1) is 0 Å². The second kappa shape index (κ2) is 6.95. The molecule has 1 heterocycles. The Morgan fingerprint density at radius 1 is 1.25 bits per heavy atom. The first kappa shape index (κ1) is 16.4. The van der Waals surface area contributed by atoms with E-state index in [-0.39, 0.29) is 17.9 Å². The summed E-state index contributed by atoms with van der Waals surface area (Å²) in [5.74, 6) is 2.33. The van der Waals surface area contributed by atoms with Gasteiger partial charge in [-0.2, -0.15) is 0 Å². The fourth-order valence-corrected chi connectivity index (χ4v) is 2.88. The third-order valence-corrected chi connectivity index (χ3v) is 4.59. The van der Waals surface area contributed by atoms with Crippen molar-refractivity contribution in [1.29, 1.82) is 0 Å². The number of benzene rings is 1. The molecule has 1 unspecified atom stereocenters. The number of carbonyl (C=O) groups is 1. The number of hydrogen-bond donors (Lipinski definition) is 1. The molecule has 1 fully saturated rings. The molecular weight excluding hydrogens is 306 g/mol. The molecule has 0 bridgehead atoms. The van der Waals surface area contributed by atoms with E-state index in [1.807, 2.05) is 36.0 Å². The van der Waals surface area contributed by atoms with Crippen LogP contribution in [0, 0.1) is 5.92 Å². The van der Waals surface area contributed by atoms with Crippen LogP contribution in [-0.4, -0.2) is 29.7 Å². The summed E-state index contributed by atoms with van der Waals surface area (Å²) in [7, 11) is 5.14. The van der Waals surface area contributed by atoms with E-state index in [0.29, 0.717) is 11.5 Å². The number of amides is 1. The van der Waals surface area contributed by atoms with Crippen LogP contribution in [0.25, 0.3) is 0 Å². The van der Waals surface area contributed by atoms with Crippen molar-refractivity contribution < 1.29 is 14.3 Å². The van der Waals surface area contributed by atoms with Gasteiger partial charge in [0.2, 0.25) is 5.91 Å². The lowest BCUT2D eigenvalue weighted by molar-refractivity contribution is -0.127. The van der Waals surface area contributed by atoms with Crippen LogP contribution < -0.4 is 14.8 Å². The standard InChI is InChI=1S/C18H23N3O3/c1-21-8-7-19-17(21)16(20-18(22)12-5-4-6-12)13-9-14(23-2)11-15(10-13)24-3/h7-12,16H,4-6H2,1-3H3,(H,20,22). The Hall–Kier alpha value is -2.50. The molecule has 3 rings (SSSR count). The van der Waals surface area contributed by atoms with Crippen LogP contribution in [0.4, 0.5) is 0 Å². The maximum Gasteiger partial charge on any atom is 0.223 e. The van der Waals surface area contributed by atoms with Crippen molar-refractivity contribution in [1.82, 2.24) is 14.9 Å². The van der Waals surface area contributed by atoms with Gasteiger partial charge in [0.1, 0.15) is 23.4 Å². The Labute approximate surface area is 141 Å². The number of nitrogens with one attached hydrogen (secondary N) is 1. The molecule has 1 amide bonds. The van der Waals surface area contributed by atoms with E-state index < -0.39 is 0 Å². The zero-order chi connectivity index (χ0) is 17.1. The lowest BCUT2D eigenvalue weighted by atomic mass is 9.84. The Bertz CT molecular complexity index is 700. The first-order valence-electron chi connectivity index (χ1n) is 8.13. The minimum atomic E-state index is -0.345. The summed E-state index contributed by atoms with van der Waals surface area (Å²) in [6, 6.07) is 5.28. The lowest BCUT2D eigenvalue weighted by Crippen LogP contribution is -2.38. The van der Waals surface area contributed by atoms with Crippen LogP contribution in [0.1, 0.15) is 36.7 Å². The van der Waals surface area contributed by atoms with E-state index in [1.54, 1.807) is 20.4 Å². The SMILES string of the molecule is COc1cc(OC)cc(C(NC(=O)C2CCC2)c2nccn2C)c1. The first-order valence-corrected chi connectivity index (χ1v) is 8.13. The average Bonchev–Trinajstić information content (AvgIpc) is 2.96. The number of hydrogen-bond acceptors (Lipinski definition) is 4. The zero-order valence-electron chi connectivity index (χ0n) is 14.3. The molecule has 2 aromatic rings. The van der Waals surface area contributed by atoms with E-state index in [2.05, 4.69) is 10.3 Å². The second-order valence-corrected chi connectivity index (χ2v) is 6.11. The number of aromatic nitrogens is 2. The van der Waals surface area contributed by atoms with Crippen LogP contribution in [0.3, 0.4) is 0 Å². The van der Waals surface area contributed by atoms with Crippen molar-refractivity contribution in [3.8, 4) is 11.5 Å². The highest BCUT2D eigenvalue weighted by molar-refractivity contribution is 5.80. The number of ether oxygens (including phenoxy) is 2. The molecule has 1 N–H and O–H groups in total. The molecule has 1 aliphatic carbocycles. The molecule has 6 heteroatoms. The molecule has 1 aromatic carbocycles. The largest absolute Gasteiger partial charge is 0.497 e. The van der Waals surface area contributed by atoms with Crippen molar-refractivity contribution in [2.24, 2.45) is 13.0 Å². The van der Waals surface area contributed by atoms with E-state index in [1.165, 1.54) is 0 Å². The molecule has 1 saturated carbocycles. The van der Waals surface area contributed by atoms with Gasteiger partial charge < -0.3 is 19.4 Å². The molecule has 128 valence electrons. The molecule has 1 aliphatic rings. The molecule has 1 aromatic heterocycles. The van der Waals surface area contributed by atoms with Gasteiger partial charge in [0.25, 0.3) is 0 Å². The Morgan fingerprint density at radius 3 is 2.38 bits per heavy atom. The number of imidazole rings is 1. The third kappa shape index (κ3) is 3.22. The van der Waals surface area contributed by atoms with Gasteiger partial charge in [0, 0.05) is 31.4 Å². The fraction of sp³-hybridized carbons (Fsp3) is 0.444. The number of methoxy groups -OCH3 is 2. The monoisotopic (exact) mass is 329 g/mol. The van der Waals surface area contributed by atoms with Gasteiger partial charge in [-0.25, -0.2) is 4.98 Å². The summed E-state index contributed by atoms with van der Waals surface area (Å²) in [4.78, 5) is 16.9. The highest BCUT2D eigenvalue weighted by atomic mass is 16.5. The average molecular weight is 329 g/mol. The summed E-state index contributed by atoms with van der Waals surface area (Å²) >= 11 is 0. The van der Waals surface area contributed by atoms with Gasteiger partial charge in [-0.1, -0.05) is 6.42 Å². The number of carbonyl (C=O) groups excluding carboxylic acids is 1. The minimum absolute atomic E-state index is 0.0797. The first-order chi connectivity index (χ1) is 11.6. The van der Waals surface area contributed by atoms with Crippen LogP contribution in [0.5, 0.6) is 11.5 Å². The van der Waals surface area contributed by atoms with Crippen molar-refractivity contribution in [3.63, 3.8) is 0 Å². The Balaban J connectivity index is 1.97. The topological polar surface area (TPSA) is 65.4 Å². The second-order valence-electron chi connectivity index (χ2n) is 6.11. The normalized spacial score (nSPS) is 15.5. The number of nitrogens with zero attached hydrogens (tertiary/aromatic N) is 2. The maximum atomic E-state index is 12.5. The van der Waals surface area contributed by atoms with Crippen molar-refractivity contribution in [3.05, 3.63) is 42.0 Å². The van der Waals surface area contributed by atoms with Gasteiger partial charge in [0.05, 0.1) is 14.2 Å². The van der Waals surface area contributed by atoms with Crippen LogP contribution >= 0.6 is 0 Å². The van der Waals surface area contributed by atoms with E-state index in [9.17, 15) is 4.79 Å².